The molecule has 8 heteroatoms. The third-order valence-electron chi connectivity index (χ3n) is 5.34. The Labute approximate surface area is 164 Å². The van der Waals surface area contributed by atoms with Crippen molar-refractivity contribution in [3.63, 3.8) is 0 Å². The minimum Gasteiger partial charge on any atom is -0.386 e. The molecule has 0 aliphatic carbocycles. The first-order valence-electron chi connectivity index (χ1n) is 9.34. The molecule has 1 aromatic heterocycles. The molecule has 0 spiro atoms. The van der Waals surface area contributed by atoms with Crippen LogP contribution >= 0.6 is 0 Å². The summed E-state index contributed by atoms with van der Waals surface area (Å²) < 4.78 is 56.7. The van der Waals surface area contributed by atoms with Gasteiger partial charge in [-0.15, -0.1) is 0 Å². The van der Waals surface area contributed by atoms with E-state index < -0.39 is 35.5 Å². The average Bonchev–Trinajstić information content (AvgIpc) is 2.91. The maximum absolute atomic E-state index is 13.8. The van der Waals surface area contributed by atoms with Crippen LogP contribution in [0, 0.1) is 11.6 Å². The molecule has 4 rings (SSSR count). The Morgan fingerprint density at radius 1 is 1.03 bits per heavy atom. The van der Waals surface area contributed by atoms with Gasteiger partial charge in [-0.05, 0) is 49.7 Å². The monoisotopic (exact) mass is 408 g/mol. The number of aromatic nitrogens is 1. The van der Waals surface area contributed by atoms with Crippen molar-refractivity contribution in [3.8, 4) is 0 Å². The highest BCUT2D eigenvalue weighted by molar-refractivity contribution is 6.08. The van der Waals surface area contributed by atoms with E-state index in [4.69, 9.17) is 0 Å². The van der Waals surface area contributed by atoms with Crippen LogP contribution in [-0.2, 0) is 11.3 Å². The first-order valence-corrected chi connectivity index (χ1v) is 9.34. The lowest BCUT2D eigenvalue weighted by atomic mass is 10.0. The Hall–Kier alpha value is -2.61. The Kier molecular flexibility index (Phi) is 4.57. The summed E-state index contributed by atoms with van der Waals surface area (Å²) >= 11 is 0. The molecule has 2 aromatic carbocycles. The van der Waals surface area contributed by atoms with E-state index in [0.717, 1.165) is 4.90 Å². The van der Waals surface area contributed by atoms with Crippen molar-refractivity contribution >= 4 is 27.7 Å². The number of β-amino-alcohol motifs (C(OH)–C–C–N with tert-alkyl or cyclic N) is 1. The predicted molar refractivity (Wildman–Crippen MR) is 101 cm³/mol. The van der Waals surface area contributed by atoms with Gasteiger partial charge in [0.15, 0.2) is 0 Å². The highest BCUT2D eigenvalue weighted by Gasteiger charge is 2.46. The van der Waals surface area contributed by atoms with Gasteiger partial charge in [0.1, 0.15) is 11.6 Å². The van der Waals surface area contributed by atoms with E-state index in [2.05, 4.69) is 0 Å². The van der Waals surface area contributed by atoms with Gasteiger partial charge in [-0.1, -0.05) is 0 Å². The van der Waals surface area contributed by atoms with Gasteiger partial charge in [-0.2, -0.15) is 8.78 Å². The van der Waals surface area contributed by atoms with Gasteiger partial charge < -0.3 is 14.6 Å². The summed E-state index contributed by atoms with van der Waals surface area (Å²) in [5.74, 6) is -5.66. The molecule has 2 heterocycles. The smallest absolute Gasteiger partial charge is 0.324 e. The highest BCUT2D eigenvalue weighted by atomic mass is 19.3. The lowest BCUT2D eigenvalue weighted by Crippen LogP contribution is -2.54. The third-order valence-corrected chi connectivity index (χ3v) is 5.34. The molecular formula is C21H20F4N2O2. The molecule has 1 amide bonds. The molecule has 0 radical (unpaired) electrons. The Morgan fingerprint density at radius 2 is 1.59 bits per heavy atom. The van der Waals surface area contributed by atoms with Gasteiger partial charge in [0.05, 0.1) is 18.7 Å². The number of piperidine rings is 1. The Bertz CT molecular complexity index is 1050. The van der Waals surface area contributed by atoms with Crippen molar-refractivity contribution in [2.75, 3.05) is 13.1 Å². The largest absolute Gasteiger partial charge is 0.386 e. The zero-order valence-corrected chi connectivity index (χ0v) is 15.8. The van der Waals surface area contributed by atoms with Crippen LogP contribution in [0.15, 0.2) is 36.4 Å². The van der Waals surface area contributed by atoms with Crippen molar-refractivity contribution in [2.45, 2.75) is 37.8 Å². The van der Waals surface area contributed by atoms with Crippen LogP contribution in [0.25, 0.3) is 21.8 Å². The van der Waals surface area contributed by atoms with Crippen molar-refractivity contribution in [1.82, 2.24) is 9.47 Å². The SMILES string of the molecule is CC(O)(CN1CCCC(F)(F)C1=O)Cn1c2ccc(F)cc2c2cc(F)ccc21. The summed E-state index contributed by atoms with van der Waals surface area (Å²) in [5, 5.41) is 11.9. The zero-order valence-electron chi connectivity index (χ0n) is 15.8. The minimum atomic E-state index is -3.42. The number of hydrogen-bond donors (Lipinski definition) is 1. The molecule has 1 aliphatic rings. The molecule has 0 bridgehead atoms. The summed E-state index contributed by atoms with van der Waals surface area (Å²) in [6.07, 6.45) is -0.336. The lowest BCUT2D eigenvalue weighted by Gasteiger charge is -2.37. The molecule has 0 saturated carbocycles. The molecule has 154 valence electrons. The standard InChI is InChI=1S/C21H20F4N2O2/c1-20(29,11-26-8-2-7-21(24,25)19(26)28)12-27-17-5-3-13(22)9-15(17)16-10-14(23)4-6-18(16)27/h3-6,9-10,29H,2,7-8,11-12H2,1H3. The minimum absolute atomic E-state index is 0.0420. The summed E-state index contributed by atoms with van der Waals surface area (Å²) in [6.45, 7) is 1.29. The number of likely N-dealkylation sites (tertiary alicyclic amines) is 1. The van der Waals surface area contributed by atoms with Gasteiger partial charge in [-0.25, -0.2) is 8.78 Å². The molecule has 1 atom stereocenters. The van der Waals surface area contributed by atoms with Crippen LogP contribution < -0.4 is 0 Å². The Balaban J connectivity index is 1.72. The summed E-state index contributed by atoms with van der Waals surface area (Å²) in [4.78, 5) is 13.0. The van der Waals surface area contributed by atoms with Gasteiger partial charge >= 0.3 is 5.92 Å². The van der Waals surface area contributed by atoms with Gasteiger partial charge in [0.2, 0.25) is 0 Å². The number of fused-ring (bicyclic) bond motifs is 3. The fourth-order valence-corrected chi connectivity index (χ4v) is 4.10. The van der Waals surface area contributed by atoms with E-state index in [1.165, 1.54) is 43.3 Å². The quantitative estimate of drug-likeness (QED) is 0.662. The molecule has 1 aliphatic heterocycles. The normalized spacial score (nSPS) is 19.1. The van der Waals surface area contributed by atoms with Gasteiger partial charge in [0, 0.05) is 34.8 Å². The maximum atomic E-state index is 13.8. The van der Waals surface area contributed by atoms with Crippen LogP contribution in [0.5, 0.6) is 0 Å². The molecule has 1 unspecified atom stereocenters. The topological polar surface area (TPSA) is 45.5 Å². The zero-order chi connectivity index (χ0) is 21.0. The third kappa shape index (κ3) is 3.57. The number of aliphatic hydroxyl groups is 1. The first kappa shape index (κ1) is 19.7. The summed E-state index contributed by atoms with van der Waals surface area (Å²) in [7, 11) is 0. The number of carbonyl (C=O) groups excluding carboxylic acids is 1. The maximum Gasteiger partial charge on any atom is 0.324 e. The van der Waals surface area contributed by atoms with Crippen molar-refractivity contribution in [1.29, 1.82) is 0 Å². The average molecular weight is 408 g/mol. The second kappa shape index (κ2) is 6.73. The van der Waals surface area contributed by atoms with E-state index in [1.807, 2.05) is 0 Å². The van der Waals surface area contributed by atoms with Crippen LogP contribution in [0.3, 0.4) is 0 Å². The number of hydrogen-bond acceptors (Lipinski definition) is 2. The molecule has 4 nitrogen and oxygen atoms in total. The molecular weight excluding hydrogens is 388 g/mol. The lowest BCUT2D eigenvalue weighted by molar-refractivity contribution is -0.167. The summed E-state index contributed by atoms with van der Waals surface area (Å²) in [5.41, 5.74) is -0.393. The Morgan fingerprint density at radius 3 is 2.14 bits per heavy atom. The number of nitrogens with zero attached hydrogens (tertiary/aromatic N) is 2. The van der Waals surface area contributed by atoms with E-state index in [0.29, 0.717) is 21.8 Å². The van der Waals surface area contributed by atoms with Crippen LogP contribution in [0.2, 0.25) is 0 Å². The molecule has 1 fully saturated rings. The molecule has 3 aromatic rings. The number of alkyl halides is 2. The second-order valence-corrected chi connectivity index (χ2v) is 7.94. The molecule has 29 heavy (non-hydrogen) atoms. The number of rotatable bonds is 4. The molecule has 1 saturated heterocycles. The molecule has 1 N–H and O–H groups in total. The summed E-state index contributed by atoms with van der Waals surface area (Å²) in [6, 6.07) is 8.15. The van der Waals surface area contributed by atoms with Crippen LogP contribution in [-0.4, -0.2) is 45.1 Å². The van der Waals surface area contributed by atoms with E-state index in [9.17, 15) is 27.5 Å². The second-order valence-electron chi connectivity index (χ2n) is 7.94. The van der Waals surface area contributed by atoms with E-state index in [1.54, 1.807) is 4.57 Å². The van der Waals surface area contributed by atoms with Crippen LogP contribution in [0.4, 0.5) is 17.6 Å². The first-order chi connectivity index (χ1) is 13.6. The fraction of sp³-hybridized carbons (Fsp3) is 0.381. The number of carbonyl (C=O) groups is 1. The fourth-order valence-electron chi connectivity index (χ4n) is 4.10. The predicted octanol–water partition coefficient (Wildman–Crippen LogP) is 4.08. The van der Waals surface area contributed by atoms with Gasteiger partial charge in [0.25, 0.3) is 5.91 Å². The number of amides is 1. The van der Waals surface area contributed by atoms with Crippen molar-refractivity contribution in [2.24, 2.45) is 0 Å². The number of halogens is 4. The highest BCUT2D eigenvalue weighted by Crippen LogP contribution is 2.33. The van der Waals surface area contributed by atoms with Crippen molar-refractivity contribution in [3.05, 3.63) is 48.0 Å². The van der Waals surface area contributed by atoms with Gasteiger partial charge in [-0.3, -0.25) is 4.79 Å². The van der Waals surface area contributed by atoms with Crippen molar-refractivity contribution < 1.29 is 27.5 Å². The van der Waals surface area contributed by atoms with E-state index in [-0.39, 0.29) is 26.1 Å². The number of benzene rings is 2. The van der Waals surface area contributed by atoms with Crippen LogP contribution in [0.1, 0.15) is 19.8 Å². The van der Waals surface area contributed by atoms with E-state index >= 15 is 0 Å².